The fourth-order valence-corrected chi connectivity index (χ4v) is 3.13. The second kappa shape index (κ2) is 5.64. The summed E-state index contributed by atoms with van der Waals surface area (Å²) in [7, 11) is 0. The van der Waals surface area contributed by atoms with E-state index in [1.54, 1.807) is 0 Å². The van der Waals surface area contributed by atoms with Crippen LogP contribution in [0.3, 0.4) is 0 Å². The molecule has 104 valence electrons. The third-order valence-electron chi connectivity index (χ3n) is 4.53. The predicted octanol–water partition coefficient (Wildman–Crippen LogP) is 3.42. The quantitative estimate of drug-likeness (QED) is 0.815. The first-order valence-corrected chi connectivity index (χ1v) is 7.24. The van der Waals surface area contributed by atoms with E-state index in [0.717, 1.165) is 30.5 Å². The van der Waals surface area contributed by atoms with Gasteiger partial charge in [-0.05, 0) is 37.8 Å². The van der Waals surface area contributed by atoms with Crippen molar-refractivity contribution in [2.45, 2.75) is 52.0 Å². The normalized spacial score (nSPS) is 19.1. The Morgan fingerprint density at radius 2 is 2.00 bits per heavy atom. The van der Waals surface area contributed by atoms with E-state index in [1.807, 2.05) is 31.2 Å². The van der Waals surface area contributed by atoms with Gasteiger partial charge in [0.25, 0.3) is 0 Å². The zero-order valence-corrected chi connectivity index (χ0v) is 11.9. The lowest BCUT2D eigenvalue weighted by Crippen LogP contribution is -2.40. The maximum atomic E-state index is 12.5. The fourth-order valence-electron chi connectivity index (χ4n) is 3.13. The lowest BCUT2D eigenvalue weighted by Gasteiger charge is -2.28. The Bertz CT molecular complexity index is 450. The minimum Gasteiger partial charge on any atom is -0.398 e. The number of anilines is 1. The van der Waals surface area contributed by atoms with Gasteiger partial charge in [-0.25, -0.2) is 0 Å². The highest BCUT2D eigenvalue weighted by Crippen LogP contribution is 2.41. The van der Waals surface area contributed by atoms with Gasteiger partial charge in [-0.15, -0.1) is 0 Å². The van der Waals surface area contributed by atoms with Crippen molar-refractivity contribution in [3.63, 3.8) is 0 Å². The van der Waals surface area contributed by atoms with Crippen LogP contribution in [0.15, 0.2) is 24.3 Å². The Hall–Kier alpha value is -1.51. The summed E-state index contributed by atoms with van der Waals surface area (Å²) in [6.45, 7) is 4.12. The molecule has 1 aliphatic rings. The number of carbonyl (C=O) groups is 1. The SMILES string of the molecule is CCC1(C(=O)NC(C)c2ccccc2N)CCCC1. The summed E-state index contributed by atoms with van der Waals surface area (Å²) in [5.41, 5.74) is 7.57. The second-order valence-electron chi connectivity index (χ2n) is 5.67. The van der Waals surface area contributed by atoms with Crippen LogP contribution in [0.4, 0.5) is 5.69 Å². The topological polar surface area (TPSA) is 55.1 Å². The van der Waals surface area contributed by atoms with Gasteiger partial charge in [0.05, 0.1) is 6.04 Å². The van der Waals surface area contributed by atoms with Crippen molar-refractivity contribution in [3.05, 3.63) is 29.8 Å². The molecule has 3 nitrogen and oxygen atoms in total. The smallest absolute Gasteiger partial charge is 0.226 e. The van der Waals surface area contributed by atoms with Crippen molar-refractivity contribution >= 4 is 11.6 Å². The summed E-state index contributed by atoms with van der Waals surface area (Å²) in [6, 6.07) is 7.70. The van der Waals surface area contributed by atoms with Crippen LogP contribution >= 0.6 is 0 Å². The molecule has 0 aliphatic heterocycles. The first kappa shape index (κ1) is 13.9. The second-order valence-corrected chi connectivity index (χ2v) is 5.67. The van der Waals surface area contributed by atoms with Gasteiger partial charge < -0.3 is 11.1 Å². The van der Waals surface area contributed by atoms with Gasteiger partial charge in [-0.1, -0.05) is 38.0 Å². The summed E-state index contributed by atoms with van der Waals surface area (Å²) in [5, 5.41) is 3.15. The molecule has 1 aliphatic carbocycles. The first-order valence-electron chi connectivity index (χ1n) is 7.24. The number of hydrogen-bond donors (Lipinski definition) is 2. The monoisotopic (exact) mass is 260 g/mol. The van der Waals surface area contributed by atoms with E-state index in [0.29, 0.717) is 0 Å². The molecule has 3 N–H and O–H groups in total. The molecule has 0 spiro atoms. The van der Waals surface area contributed by atoms with Crippen LogP contribution in [0.5, 0.6) is 0 Å². The van der Waals surface area contributed by atoms with Crippen LogP contribution in [0, 0.1) is 5.41 Å². The van der Waals surface area contributed by atoms with Crippen molar-refractivity contribution in [2.75, 3.05) is 5.73 Å². The highest BCUT2D eigenvalue weighted by atomic mass is 16.2. The average Bonchev–Trinajstić information content (AvgIpc) is 2.89. The van der Waals surface area contributed by atoms with Crippen LogP contribution in [0.2, 0.25) is 0 Å². The van der Waals surface area contributed by atoms with E-state index >= 15 is 0 Å². The molecule has 0 aromatic heterocycles. The molecule has 1 unspecified atom stereocenters. The van der Waals surface area contributed by atoms with E-state index in [2.05, 4.69) is 12.2 Å². The van der Waals surface area contributed by atoms with Gasteiger partial charge in [0.1, 0.15) is 0 Å². The van der Waals surface area contributed by atoms with Crippen LogP contribution < -0.4 is 11.1 Å². The summed E-state index contributed by atoms with van der Waals surface area (Å²) < 4.78 is 0. The van der Waals surface area contributed by atoms with Crippen molar-refractivity contribution < 1.29 is 4.79 Å². The Labute approximate surface area is 115 Å². The molecular formula is C16H24N2O. The molecule has 19 heavy (non-hydrogen) atoms. The van der Waals surface area contributed by atoms with Gasteiger partial charge in [0, 0.05) is 11.1 Å². The Balaban J connectivity index is 2.08. The molecule has 3 heteroatoms. The van der Waals surface area contributed by atoms with E-state index in [1.165, 1.54) is 12.8 Å². The molecule has 1 aromatic rings. The lowest BCUT2D eigenvalue weighted by atomic mass is 9.82. The molecule has 1 aromatic carbocycles. The number of nitrogen functional groups attached to an aromatic ring is 1. The molecule has 0 heterocycles. The number of para-hydroxylation sites is 1. The number of amides is 1. The van der Waals surface area contributed by atoms with Crippen molar-refractivity contribution in [1.29, 1.82) is 0 Å². The molecule has 1 amide bonds. The van der Waals surface area contributed by atoms with E-state index in [9.17, 15) is 4.79 Å². The summed E-state index contributed by atoms with van der Waals surface area (Å²) in [5.74, 6) is 0.197. The van der Waals surface area contributed by atoms with E-state index < -0.39 is 0 Å². The Morgan fingerprint density at radius 1 is 1.37 bits per heavy atom. The minimum atomic E-state index is -0.141. The number of carbonyl (C=O) groups excluding carboxylic acids is 1. The average molecular weight is 260 g/mol. The molecule has 0 saturated heterocycles. The molecular weight excluding hydrogens is 236 g/mol. The summed E-state index contributed by atoms with van der Waals surface area (Å²) >= 11 is 0. The molecule has 1 fully saturated rings. The zero-order chi connectivity index (χ0) is 13.9. The zero-order valence-electron chi connectivity index (χ0n) is 11.9. The standard InChI is InChI=1S/C16H24N2O/c1-3-16(10-6-7-11-16)15(19)18-12(2)13-8-4-5-9-14(13)17/h4-5,8-9,12H,3,6-7,10-11,17H2,1-2H3,(H,18,19). The number of nitrogens with two attached hydrogens (primary N) is 1. The van der Waals surface area contributed by atoms with Gasteiger partial charge in [-0.2, -0.15) is 0 Å². The first-order chi connectivity index (χ1) is 9.09. The highest BCUT2D eigenvalue weighted by molar-refractivity contribution is 5.83. The number of rotatable bonds is 4. The summed E-state index contributed by atoms with van der Waals surface area (Å²) in [4.78, 5) is 12.5. The maximum absolute atomic E-state index is 12.5. The van der Waals surface area contributed by atoms with Crippen LogP contribution in [-0.4, -0.2) is 5.91 Å². The largest absolute Gasteiger partial charge is 0.398 e. The minimum absolute atomic E-state index is 0.0299. The van der Waals surface area contributed by atoms with Crippen molar-refractivity contribution in [3.8, 4) is 0 Å². The van der Waals surface area contributed by atoms with Gasteiger partial charge >= 0.3 is 0 Å². The van der Waals surface area contributed by atoms with Gasteiger partial charge in [-0.3, -0.25) is 4.79 Å². The van der Waals surface area contributed by atoms with Crippen molar-refractivity contribution in [2.24, 2.45) is 5.41 Å². The maximum Gasteiger partial charge on any atom is 0.226 e. The molecule has 1 saturated carbocycles. The lowest BCUT2D eigenvalue weighted by molar-refractivity contribution is -0.131. The predicted molar refractivity (Wildman–Crippen MR) is 78.6 cm³/mol. The van der Waals surface area contributed by atoms with Crippen LogP contribution in [0.25, 0.3) is 0 Å². The van der Waals surface area contributed by atoms with Crippen LogP contribution in [-0.2, 0) is 4.79 Å². The third kappa shape index (κ3) is 2.75. The van der Waals surface area contributed by atoms with Gasteiger partial charge in [0.15, 0.2) is 0 Å². The number of hydrogen-bond acceptors (Lipinski definition) is 2. The highest BCUT2D eigenvalue weighted by Gasteiger charge is 2.39. The third-order valence-corrected chi connectivity index (χ3v) is 4.53. The number of nitrogens with one attached hydrogen (secondary N) is 1. The number of benzene rings is 1. The van der Waals surface area contributed by atoms with Crippen molar-refractivity contribution in [1.82, 2.24) is 5.32 Å². The van der Waals surface area contributed by atoms with E-state index in [-0.39, 0.29) is 17.4 Å². The van der Waals surface area contributed by atoms with E-state index in [4.69, 9.17) is 5.73 Å². The fraction of sp³-hybridized carbons (Fsp3) is 0.562. The molecule has 0 bridgehead atoms. The molecule has 1 atom stereocenters. The Kier molecular flexibility index (Phi) is 4.13. The molecule has 2 rings (SSSR count). The Morgan fingerprint density at radius 3 is 2.58 bits per heavy atom. The molecule has 0 radical (unpaired) electrons. The van der Waals surface area contributed by atoms with Crippen LogP contribution in [0.1, 0.15) is 57.6 Å². The summed E-state index contributed by atoms with van der Waals surface area (Å²) in [6.07, 6.45) is 5.31. The van der Waals surface area contributed by atoms with Gasteiger partial charge in [0.2, 0.25) is 5.91 Å².